The van der Waals surface area contributed by atoms with Gasteiger partial charge in [0, 0.05) is 70.6 Å². The van der Waals surface area contributed by atoms with Crippen molar-refractivity contribution in [1.82, 2.24) is 15.1 Å². The van der Waals surface area contributed by atoms with Gasteiger partial charge in [-0.25, -0.2) is 0 Å². The number of aliphatic hydroxyl groups excluding tert-OH is 1. The number of piperazine rings is 1. The molecule has 2 saturated heterocycles. The fourth-order valence-corrected chi connectivity index (χ4v) is 5.94. The summed E-state index contributed by atoms with van der Waals surface area (Å²) in [6, 6.07) is 26.5. The molecule has 0 aromatic heterocycles. The Morgan fingerprint density at radius 2 is 1.40 bits per heavy atom. The highest BCUT2D eigenvalue weighted by Gasteiger charge is 2.33. The van der Waals surface area contributed by atoms with Gasteiger partial charge in [-0.1, -0.05) is 78.9 Å². The van der Waals surface area contributed by atoms with Gasteiger partial charge < -0.3 is 25.0 Å². The van der Waals surface area contributed by atoms with E-state index in [2.05, 4.69) is 45.4 Å². The number of amides is 1. The van der Waals surface area contributed by atoms with Crippen LogP contribution in [0.4, 0.5) is 0 Å². The number of hydrogen-bond acceptors (Lipinski definition) is 7. The molecule has 2 aliphatic heterocycles. The Morgan fingerprint density at radius 3 is 2.09 bits per heavy atom. The number of aliphatic carboxylic acids is 1. The number of nitrogens with zero attached hydrogens (tertiary/aromatic N) is 2. The van der Waals surface area contributed by atoms with Crippen LogP contribution in [0.2, 0.25) is 0 Å². The van der Waals surface area contributed by atoms with Crippen molar-refractivity contribution in [3.8, 4) is 0 Å². The first-order chi connectivity index (χ1) is 21.9. The zero-order valence-corrected chi connectivity index (χ0v) is 25.9. The van der Waals surface area contributed by atoms with Gasteiger partial charge in [0.25, 0.3) is 0 Å². The molecule has 3 aromatic rings. The number of carboxylic acid groups (broad SMARTS) is 1. The Hall–Kier alpha value is -3.60. The van der Waals surface area contributed by atoms with Gasteiger partial charge in [-0.3, -0.25) is 19.4 Å². The van der Waals surface area contributed by atoms with E-state index in [0.717, 1.165) is 67.9 Å². The van der Waals surface area contributed by atoms with E-state index in [4.69, 9.17) is 14.6 Å². The van der Waals surface area contributed by atoms with E-state index in [9.17, 15) is 14.7 Å². The van der Waals surface area contributed by atoms with Crippen molar-refractivity contribution < 1.29 is 29.3 Å². The normalized spacial score (nSPS) is 21.0. The van der Waals surface area contributed by atoms with Crippen LogP contribution in [0.1, 0.15) is 72.3 Å². The molecule has 3 atom stereocenters. The van der Waals surface area contributed by atoms with Crippen LogP contribution >= 0.6 is 0 Å². The summed E-state index contributed by atoms with van der Waals surface area (Å²) in [5, 5.41) is 21.2. The molecule has 3 aromatic carbocycles. The van der Waals surface area contributed by atoms with Crippen LogP contribution in [-0.4, -0.2) is 70.7 Å². The molecule has 1 amide bonds. The molecule has 0 bridgehead atoms. The van der Waals surface area contributed by atoms with Crippen LogP contribution in [0.3, 0.4) is 0 Å². The van der Waals surface area contributed by atoms with E-state index in [1.54, 1.807) is 0 Å². The lowest BCUT2D eigenvalue weighted by molar-refractivity contribution is -0.253. The van der Waals surface area contributed by atoms with Gasteiger partial charge >= 0.3 is 5.97 Å². The average Bonchev–Trinajstić information content (AvgIpc) is 3.07. The molecule has 9 heteroatoms. The molecule has 2 aliphatic rings. The third-order valence-electron chi connectivity index (χ3n) is 8.58. The number of benzene rings is 3. The first-order valence-corrected chi connectivity index (χ1v) is 16.0. The number of carboxylic acids is 1. The quantitative estimate of drug-likeness (QED) is 0.222. The smallest absolute Gasteiger partial charge is 0.303 e. The summed E-state index contributed by atoms with van der Waals surface area (Å²) in [5.74, 6) is -0.918. The number of rotatable bonds is 14. The maximum Gasteiger partial charge on any atom is 0.303 e. The van der Waals surface area contributed by atoms with Gasteiger partial charge in [-0.2, -0.15) is 0 Å². The molecule has 9 nitrogen and oxygen atoms in total. The molecule has 45 heavy (non-hydrogen) atoms. The van der Waals surface area contributed by atoms with Gasteiger partial charge in [-0.05, 0) is 35.1 Å². The summed E-state index contributed by atoms with van der Waals surface area (Å²) in [6.45, 7) is 6.25. The summed E-state index contributed by atoms with van der Waals surface area (Å²) >= 11 is 0. The molecule has 2 fully saturated rings. The van der Waals surface area contributed by atoms with E-state index in [1.807, 2.05) is 48.5 Å². The maximum atomic E-state index is 12.2. The van der Waals surface area contributed by atoms with Crippen LogP contribution in [0, 0.1) is 0 Å². The SMILES string of the molecule is O=C(O)CCCCC(=O)NCc1ccc([C@H]2O[C@@H](CN3CCN(Cc4ccccc4)CC3)C[C@@H](c3ccc(CO)cc3)O2)cc1. The van der Waals surface area contributed by atoms with Gasteiger partial charge in [0.15, 0.2) is 6.29 Å². The number of unbranched alkanes of at least 4 members (excludes halogenated alkanes) is 1. The number of ether oxygens (including phenoxy) is 2. The average molecular weight is 616 g/mol. The highest BCUT2D eigenvalue weighted by molar-refractivity contribution is 5.75. The topological polar surface area (TPSA) is 112 Å². The Balaban J connectivity index is 1.17. The lowest BCUT2D eigenvalue weighted by atomic mass is 9.99. The van der Waals surface area contributed by atoms with Crippen molar-refractivity contribution in [1.29, 1.82) is 0 Å². The predicted octanol–water partition coefficient (Wildman–Crippen LogP) is 4.80. The summed E-state index contributed by atoms with van der Waals surface area (Å²) in [4.78, 5) is 27.8. The number of aliphatic hydroxyl groups is 1. The van der Waals surface area contributed by atoms with E-state index in [0.29, 0.717) is 25.8 Å². The lowest BCUT2D eigenvalue weighted by Crippen LogP contribution is -2.49. The van der Waals surface area contributed by atoms with Crippen molar-refractivity contribution in [3.05, 3.63) is 107 Å². The van der Waals surface area contributed by atoms with Crippen molar-refractivity contribution >= 4 is 11.9 Å². The summed E-state index contributed by atoms with van der Waals surface area (Å²) in [5.41, 5.74) is 5.18. The minimum Gasteiger partial charge on any atom is -0.481 e. The molecule has 0 saturated carbocycles. The monoisotopic (exact) mass is 615 g/mol. The van der Waals surface area contributed by atoms with Crippen molar-refractivity contribution in [2.75, 3.05) is 32.7 Å². The Kier molecular flexibility index (Phi) is 12.1. The molecule has 0 unspecified atom stereocenters. The Bertz CT molecular complexity index is 1340. The van der Waals surface area contributed by atoms with Gasteiger partial charge in [0.2, 0.25) is 5.91 Å². The second kappa shape index (κ2) is 16.6. The minimum atomic E-state index is -0.837. The molecular weight excluding hydrogens is 570 g/mol. The first-order valence-electron chi connectivity index (χ1n) is 16.0. The molecule has 0 aliphatic carbocycles. The van der Waals surface area contributed by atoms with Crippen LogP contribution in [0.5, 0.6) is 0 Å². The number of carbonyl (C=O) groups is 2. The second-order valence-corrected chi connectivity index (χ2v) is 12.0. The molecule has 240 valence electrons. The Labute approximate surface area is 265 Å². The maximum absolute atomic E-state index is 12.2. The van der Waals surface area contributed by atoms with Gasteiger partial charge in [-0.15, -0.1) is 0 Å². The van der Waals surface area contributed by atoms with Crippen LogP contribution in [-0.2, 0) is 38.8 Å². The van der Waals surface area contributed by atoms with Crippen molar-refractivity contribution in [3.63, 3.8) is 0 Å². The van der Waals surface area contributed by atoms with Crippen LogP contribution in [0.15, 0.2) is 78.9 Å². The zero-order chi connectivity index (χ0) is 31.4. The Morgan fingerprint density at radius 1 is 0.756 bits per heavy atom. The third-order valence-corrected chi connectivity index (χ3v) is 8.58. The number of carbonyl (C=O) groups excluding carboxylic acids is 1. The highest BCUT2D eigenvalue weighted by atomic mass is 16.7. The highest BCUT2D eigenvalue weighted by Crippen LogP contribution is 2.38. The molecular formula is C36H45N3O6. The fourth-order valence-electron chi connectivity index (χ4n) is 5.94. The van der Waals surface area contributed by atoms with Gasteiger partial charge in [0.1, 0.15) is 0 Å². The second-order valence-electron chi connectivity index (χ2n) is 12.0. The largest absolute Gasteiger partial charge is 0.481 e. The lowest BCUT2D eigenvalue weighted by Gasteiger charge is -2.40. The van der Waals surface area contributed by atoms with Crippen LogP contribution < -0.4 is 5.32 Å². The van der Waals surface area contributed by atoms with Crippen molar-refractivity contribution in [2.45, 2.75) is 70.3 Å². The number of hydrogen-bond donors (Lipinski definition) is 3. The zero-order valence-electron chi connectivity index (χ0n) is 25.9. The van der Waals surface area contributed by atoms with Crippen molar-refractivity contribution in [2.24, 2.45) is 0 Å². The summed E-state index contributed by atoms with van der Waals surface area (Å²) in [7, 11) is 0. The molecule has 0 spiro atoms. The minimum absolute atomic E-state index is 0.00738. The fraction of sp³-hybridized carbons (Fsp3) is 0.444. The molecule has 3 N–H and O–H groups in total. The van der Waals surface area contributed by atoms with E-state index in [1.165, 1.54) is 5.56 Å². The van der Waals surface area contributed by atoms with E-state index < -0.39 is 12.3 Å². The van der Waals surface area contributed by atoms with E-state index >= 15 is 0 Å². The van der Waals surface area contributed by atoms with E-state index in [-0.39, 0.29) is 31.1 Å². The summed E-state index contributed by atoms with van der Waals surface area (Å²) < 4.78 is 13.1. The van der Waals surface area contributed by atoms with Gasteiger partial charge in [0.05, 0.1) is 18.8 Å². The summed E-state index contributed by atoms with van der Waals surface area (Å²) in [6.07, 6.45) is 1.53. The third kappa shape index (κ3) is 10.2. The number of nitrogens with one attached hydrogen (secondary N) is 1. The predicted molar refractivity (Wildman–Crippen MR) is 171 cm³/mol. The molecule has 2 heterocycles. The molecule has 5 rings (SSSR count). The van der Waals surface area contributed by atoms with Crippen LogP contribution in [0.25, 0.3) is 0 Å². The molecule has 0 radical (unpaired) electrons. The standard InChI is InChI=1S/C36H45N3O6/c40-26-29-12-14-30(15-13-29)33-22-32(25-39-20-18-38(19-21-39)24-28-6-2-1-3-7-28)44-36(45-33)31-16-10-27(11-17-31)23-37-34(41)8-4-5-9-35(42)43/h1-3,6-7,10-17,32-33,36,40H,4-5,8-9,18-26H2,(H,37,41)(H,42,43)/t32-,33+,36+/m1/s1. The first kappa shape index (κ1) is 32.8.